The second-order valence-corrected chi connectivity index (χ2v) is 3.49. The van der Waals surface area contributed by atoms with E-state index >= 15 is 0 Å². The summed E-state index contributed by atoms with van der Waals surface area (Å²) in [6.07, 6.45) is 1.64. The van der Waals surface area contributed by atoms with E-state index in [1.54, 1.807) is 6.20 Å². The predicted molar refractivity (Wildman–Crippen MR) is 47.5 cm³/mol. The number of hydrogen-bond donors (Lipinski definition) is 0. The van der Waals surface area contributed by atoms with Crippen LogP contribution < -0.4 is 0 Å². The van der Waals surface area contributed by atoms with Gasteiger partial charge in [-0.2, -0.15) is 0 Å². The third-order valence-electron chi connectivity index (χ3n) is 0.660. The Bertz CT molecular complexity index is 230. The maximum absolute atomic E-state index is 5.59. The monoisotopic (exact) mass is 318 g/mol. The zero-order valence-electron chi connectivity index (χ0n) is 4.11. The topological polar surface area (TPSA) is 25.8 Å². The van der Waals surface area contributed by atoms with Gasteiger partial charge < -0.3 is 0 Å². The van der Waals surface area contributed by atoms with Crippen LogP contribution >= 0.6 is 50.1 Å². The van der Waals surface area contributed by atoms with Gasteiger partial charge in [0, 0.05) is 0 Å². The first kappa shape index (κ1) is 7.68. The first-order chi connectivity index (χ1) is 4.20. The molecule has 0 atom stereocenters. The number of halogens is 3. The highest BCUT2D eigenvalue weighted by Gasteiger charge is 1.97. The van der Waals surface area contributed by atoms with E-state index in [9.17, 15) is 0 Å². The molecule has 0 aliphatic carbocycles. The number of hydrogen-bond acceptors (Lipinski definition) is 2. The van der Waals surface area contributed by atoms with Crippen molar-refractivity contribution in [3.63, 3.8) is 0 Å². The highest BCUT2D eigenvalue weighted by atomic mass is 127. The van der Waals surface area contributed by atoms with Gasteiger partial charge in [0.2, 0.25) is 0 Å². The van der Waals surface area contributed by atoms with Gasteiger partial charge in [0.05, 0.1) is 6.20 Å². The standard InChI is InChI=1S/C4HBrClIN2/c5-3-4(6)9-2(7)1-8-3/h1H. The summed E-state index contributed by atoms with van der Waals surface area (Å²) in [7, 11) is 0. The van der Waals surface area contributed by atoms with E-state index in [1.165, 1.54) is 0 Å². The second-order valence-electron chi connectivity index (χ2n) is 1.27. The Morgan fingerprint density at radius 3 is 2.78 bits per heavy atom. The first-order valence-corrected chi connectivity index (χ1v) is 4.28. The van der Waals surface area contributed by atoms with Crippen LogP contribution in [0.1, 0.15) is 0 Å². The van der Waals surface area contributed by atoms with Gasteiger partial charge in [0.15, 0.2) is 5.15 Å². The van der Waals surface area contributed by atoms with Crippen LogP contribution in [0.25, 0.3) is 0 Å². The van der Waals surface area contributed by atoms with Crippen molar-refractivity contribution in [1.82, 2.24) is 9.97 Å². The van der Waals surface area contributed by atoms with E-state index in [0.717, 1.165) is 3.70 Å². The van der Waals surface area contributed by atoms with Crippen LogP contribution in [-0.4, -0.2) is 9.97 Å². The van der Waals surface area contributed by atoms with E-state index in [4.69, 9.17) is 11.6 Å². The lowest BCUT2D eigenvalue weighted by atomic mass is 10.8. The van der Waals surface area contributed by atoms with E-state index in [1.807, 2.05) is 22.6 Å². The molecule has 0 aliphatic heterocycles. The first-order valence-electron chi connectivity index (χ1n) is 2.03. The molecule has 0 saturated heterocycles. The Kier molecular flexibility index (Phi) is 2.66. The van der Waals surface area contributed by atoms with Crippen LogP contribution in [0.2, 0.25) is 5.15 Å². The van der Waals surface area contributed by atoms with Gasteiger partial charge in [0.1, 0.15) is 8.30 Å². The summed E-state index contributed by atoms with van der Waals surface area (Å²) >= 11 is 10.8. The van der Waals surface area contributed by atoms with E-state index in [2.05, 4.69) is 25.9 Å². The molecule has 0 saturated carbocycles. The van der Waals surface area contributed by atoms with Crippen molar-refractivity contribution in [2.75, 3.05) is 0 Å². The lowest BCUT2D eigenvalue weighted by molar-refractivity contribution is 1.13. The molecule has 0 spiro atoms. The fourth-order valence-electron chi connectivity index (χ4n) is 0.332. The largest absolute Gasteiger partial charge is 0.243 e. The molecule has 0 bridgehead atoms. The van der Waals surface area contributed by atoms with Crippen molar-refractivity contribution in [3.05, 3.63) is 19.7 Å². The number of rotatable bonds is 0. The van der Waals surface area contributed by atoms with Crippen LogP contribution in [0.3, 0.4) is 0 Å². The Labute approximate surface area is 79.3 Å². The molecule has 5 heteroatoms. The lowest BCUT2D eigenvalue weighted by Gasteiger charge is -1.91. The van der Waals surface area contributed by atoms with E-state index in [0.29, 0.717) is 9.76 Å². The summed E-state index contributed by atoms with van der Waals surface area (Å²) in [5, 5.41) is 0.405. The summed E-state index contributed by atoms with van der Waals surface area (Å²) < 4.78 is 1.38. The fourth-order valence-corrected chi connectivity index (χ4v) is 1.19. The maximum Gasteiger partial charge on any atom is 0.163 e. The lowest BCUT2D eigenvalue weighted by Crippen LogP contribution is -1.84. The summed E-state index contributed by atoms with van der Waals surface area (Å²) in [4.78, 5) is 7.81. The van der Waals surface area contributed by atoms with E-state index < -0.39 is 0 Å². The third kappa shape index (κ3) is 2.01. The molecule has 0 unspecified atom stereocenters. The van der Waals surface area contributed by atoms with Crippen molar-refractivity contribution in [2.45, 2.75) is 0 Å². The van der Waals surface area contributed by atoms with Gasteiger partial charge in [-0.3, -0.25) is 0 Å². The second kappa shape index (κ2) is 3.12. The predicted octanol–water partition coefficient (Wildman–Crippen LogP) is 2.50. The van der Waals surface area contributed by atoms with Crippen molar-refractivity contribution in [1.29, 1.82) is 0 Å². The molecule has 1 aromatic heterocycles. The zero-order chi connectivity index (χ0) is 6.85. The molecule has 1 rings (SSSR count). The van der Waals surface area contributed by atoms with Crippen LogP contribution in [0.4, 0.5) is 0 Å². The molecule has 48 valence electrons. The van der Waals surface area contributed by atoms with Gasteiger partial charge in [-0.1, -0.05) is 11.6 Å². The van der Waals surface area contributed by atoms with Gasteiger partial charge in [-0.05, 0) is 38.5 Å². The molecule has 9 heavy (non-hydrogen) atoms. The molecular weight excluding hydrogens is 318 g/mol. The average Bonchev–Trinajstić information content (AvgIpc) is 1.80. The fraction of sp³-hybridized carbons (Fsp3) is 0. The summed E-state index contributed by atoms with van der Waals surface area (Å²) in [5.41, 5.74) is 0. The summed E-state index contributed by atoms with van der Waals surface area (Å²) in [6, 6.07) is 0. The van der Waals surface area contributed by atoms with E-state index in [-0.39, 0.29) is 0 Å². The molecule has 1 aromatic rings. The normalized spacial score (nSPS) is 9.67. The quantitative estimate of drug-likeness (QED) is 0.687. The number of aromatic nitrogens is 2. The van der Waals surface area contributed by atoms with Crippen LogP contribution in [0.5, 0.6) is 0 Å². The molecular formula is C4HBrClIN2. The molecule has 0 fully saturated rings. The smallest absolute Gasteiger partial charge is 0.163 e. The Morgan fingerprint density at radius 1 is 1.67 bits per heavy atom. The van der Waals surface area contributed by atoms with Crippen LogP contribution in [0.15, 0.2) is 10.8 Å². The molecule has 0 amide bonds. The van der Waals surface area contributed by atoms with Crippen molar-refractivity contribution < 1.29 is 0 Å². The van der Waals surface area contributed by atoms with Gasteiger partial charge >= 0.3 is 0 Å². The summed E-state index contributed by atoms with van der Waals surface area (Å²) in [5.74, 6) is 0. The zero-order valence-corrected chi connectivity index (χ0v) is 8.61. The average molecular weight is 319 g/mol. The van der Waals surface area contributed by atoms with Gasteiger partial charge in [-0.15, -0.1) is 0 Å². The van der Waals surface area contributed by atoms with Crippen LogP contribution in [-0.2, 0) is 0 Å². The Hall–Kier alpha value is 0.580. The van der Waals surface area contributed by atoms with Crippen LogP contribution in [0, 0.1) is 3.70 Å². The minimum Gasteiger partial charge on any atom is -0.243 e. The van der Waals surface area contributed by atoms with Crippen molar-refractivity contribution in [3.8, 4) is 0 Å². The summed E-state index contributed by atoms with van der Waals surface area (Å²) in [6.45, 7) is 0. The number of nitrogens with zero attached hydrogens (tertiary/aromatic N) is 2. The maximum atomic E-state index is 5.59. The Balaban J connectivity index is 3.17. The van der Waals surface area contributed by atoms with Gasteiger partial charge in [0.25, 0.3) is 0 Å². The van der Waals surface area contributed by atoms with Gasteiger partial charge in [-0.25, -0.2) is 9.97 Å². The Morgan fingerprint density at radius 2 is 2.33 bits per heavy atom. The molecule has 0 aliphatic rings. The molecule has 0 radical (unpaired) electrons. The minimum atomic E-state index is 0.405. The third-order valence-corrected chi connectivity index (χ3v) is 2.25. The SMILES string of the molecule is Clc1nc(I)cnc1Br. The van der Waals surface area contributed by atoms with Crippen molar-refractivity contribution >= 4 is 50.1 Å². The minimum absolute atomic E-state index is 0.405. The van der Waals surface area contributed by atoms with Crippen molar-refractivity contribution in [2.24, 2.45) is 0 Å². The molecule has 1 heterocycles. The molecule has 2 nitrogen and oxygen atoms in total. The molecule has 0 N–H and O–H groups in total. The highest BCUT2D eigenvalue weighted by molar-refractivity contribution is 14.1. The molecule has 0 aromatic carbocycles. The highest BCUT2D eigenvalue weighted by Crippen LogP contribution is 2.16.